The first kappa shape index (κ1) is 22.3. The monoisotopic (exact) mass is 448 g/mol. The number of benzene rings is 2. The van der Waals surface area contributed by atoms with E-state index < -0.39 is 6.04 Å². The normalized spacial score (nSPS) is 15.9. The second-order valence-electron chi connectivity index (χ2n) is 7.00. The molecule has 0 aliphatic carbocycles. The highest BCUT2D eigenvalue weighted by Gasteiger charge is 2.28. The van der Waals surface area contributed by atoms with Gasteiger partial charge in [-0.25, -0.2) is 0 Å². The van der Waals surface area contributed by atoms with Crippen molar-refractivity contribution in [3.05, 3.63) is 59.1 Å². The van der Waals surface area contributed by atoms with Gasteiger partial charge in [0.05, 0.1) is 17.1 Å². The summed E-state index contributed by atoms with van der Waals surface area (Å²) in [6.45, 7) is 0.709. The Balaban J connectivity index is 1.64. The van der Waals surface area contributed by atoms with E-state index in [-0.39, 0.29) is 17.9 Å². The first-order chi connectivity index (χ1) is 14.5. The number of thioether (sulfide) groups is 1. The molecular weight excluding hydrogens is 424 g/mol. The van der Waals surface area contributed by atoms with Crippen LogP contribution in [0.15, 0.2) is 48.5 Å². The number of nitrogens with zero attached hydrogens (tertiary/aromatic N) is 1. The van der Waals surface area contributed by atoms with E-state index in [1.54, 1.807) is 48.0 Å². The SMILES string of the molecule is CSCC[C@H](NC(=O)c1ccccc1Cl)C(=O)N(C)C[C@H]1COc2ccccc2O1. The van der Waals surface area contributed by atoms with Crippen LogP contribution in [0.2, 0.25) is 5.02 Å². The summed E-state index contributed by atoms with van der Waals surface area (Å²) in [6, 6.07) is 13.6. The fourth-order valence-electron chi connectivity index (χ4n) is 3.19. The number of nitrogens with one attached hydrogen (secondary N) is 1. The van der Waals surface area contributed by atoms with Gasteiger partial charge in [0, 0.05) is 7.05 Å². The third-order valence-corrected chi connectivity index (χ3v) is 5.73. The number of halogens is 1. The topological polar surface area (TPSA) is 67.9 Å². The average molecular weight is 449 g/mol. The largest absolute Gasteiger partial charge is 0.486 e. The maximum Gasteiger partial charge on any atom is 0.253 e. The number of fused-ring (bicyclic) bond motifs is 1. The van der Waals surface area contributed by atoms with Crippen LogP contribution in [0, 0.1) is 0 Å². The van der Waals surface area contributed by atoms with Crippen LogP contribution in [0.25, 0.3) is 0 Å². The van der Waals surface area contributed by atoms with E-state index in [4.69, 9.17) is 21.1 Å². The van der Waals surface area contributed by atoms with Gasteiger partial charge in [0.25, 0.3) is 5.91 Å². The third kappa shape index (κ3) is 5.61. The van der Waals surface area contributed by atoms with E-state index >= 15 is 0 Å². The van der Waals surface area contributed by atoms with E-state index in [0.29, 0.717) is 41.7 Å². The number of amides is 2. The zero-order valence-corrected chi connectivity index (χ0v) is 18.5. The lowest BCUT2D eigenvalue weighted by molar-refractivity contribution is -0.133. The zero-order valence-electron chi connectivity index (χ0n) is 17.0. The van der Waals surface area contributed by atoms with Crippen molar-refractivity contribution in [3.63, 3.8) is 0 Å². The Kier molecular flexibility index (Phi) is 7.87. The summed E-state index contributed by atoms with van der Waals surface area (Å²) < 4.78 is 11.7. The van der Waals surface area contributed by atoms with Crippen LogP contribution in [0.3, 0.4) is 0 Å². The Morgan fingerprint density at radius 3 is 2.63 bits per heavy atom. The molecule has 160 valence electrons. The molecule has 0 saturated carbocycles. The van der Waals surface area contributed by atoms with Gasteiger partial charge in [0.1, 0.15) is 12.6 Å². The van der Waals surface area contributed by atoms with Crippen molar-refractivity contribution in [2.24, 2.45) is 0 Å². The lowest BCUT2D eigenvalue weighted by atomic mass is 10.1. The van der Waals surface area contributed by atoms with E-state index in [1.165, 1.54) is 0 Å². The van der Waals surface area contributed by atoms with Gasteiger partial charge in [-0.05, 0) is 42.7 Å². The Morgan fingerprint density at radius 2 is 1.90 bits per heavy atom. The molecule has 0 unspecified atom stereocenters. The fourth-order valence-corrected chi connectivity index (χ4v) is 3.88. The molecule has 0 aromatic heterocycles. The van der Waals surface area contributed by atoms with Crippen LogP contribution in [-0.2, 0) is 4.79 Å². The third-order valence-electron chi connectivity index (χ3n) is 4.75. The van der Waals surface area contributed by atoms with Crippen molar-refractivity contribution in [2.45, 2.75) is 18.6 Å². The molecule has 1 heterocycles. The summed E-state index contributed by atoms with van der Waals surface area (Å²) in [6.07, 6.45) is 2.20. The molecule has 1 aliphatic heterocycles. The molecule has 30 heavy (non-hydrogen) atoms. The molecule has 8 heteroatoms. The summed E-state index contributed by atoms with van der Waals surface area (Å²) in [7, 11) is 1.71. The highest BCUT2D eigenvalue weighted by Crippen LogP contribution is 2.31. The van der Waals surface area contributed by atoms with Crippen molar-refractivity contribution < 1.29 is 19.1 Å². The quantitative estimate of drug-likeness (QED) is 0.669. The number of para-hydroxylation sites is 2. The number of hydrogen-bond donors (Lipinski definition) is 1. The first-order valence-corrected chi connectivity index (χ1v) is 11.4. The van der Waals surface area contributed by atoms with Gasteiger partial charge in [0.15, 0.2) is 17.6 Å². The number of rotatable bonds is 8. The minimum Gasteiger partial charge on any atom is -0.486 e. The predicted octanol–water partition coefficient (Wildman–Crippen LogP) is 3.49. The number of ether oxygens (including phenoxy) is 2. The van der Waals surface area contributed by atoms with Crippen molar-refractivity contribution in [2.75, 3.05) is 32.2 Å². The van der Waals surface area contributed by atoms with Gasteiger partial charge in [-0.2, -0.15) is 11.8 Å². The van der Waals surface area contributed by atoms with Crippen LogP contribution in [-0.4, -0.2) is 61.1 Å². The molecule has 2 amide bonds. The average Bonchev–Trinajstić information content (AvgIpc) is 2.76. The highest BCUT2D eigenvalue weighted by atomic mass is 35.5. The molecule has 2 atom stereocenters. The van der Waals surface area contributed by atoms with E-state index in [0.717, 1.165) is 5.75 Å². The van der Waals surface area contributed by atoms with E-state index in [9.17, 15) is 9.59 Å². The van der Waals surface area contributed by atoms with Crippen LogP contribution in [0.5, 0.6) is 11.5 Å². The molecule has 0 fully saturated rings. The van der Waals surface area contributed by atoms with Gasteiger partial charge in [-0.15, -0.1) is 0 Å². The van der Waals surface area contributed by atoms with Crippen LogP contribution >= 0.6 is 23.4 Å². The lowest BCUT2D eigenvalue weighted by Gasteiger charge is -2.31. The molecule has 2 aromatic carbocycles. The van der Waals surface area contributed by atoms with Gasteiger partial charge in [-0.3, -0.25) is 9.59 Å². The molecule has 0 saturated heterocycles. The molecule has 6 nitrogen and oxygen atoms in total. The van der Waals surface area contributed by atoms with Crippen LogP contribution in [0.4, 0.5) is 0 Å². The molecule has 0 bridgehead atoms. The minimum absolute atomic E-state index is 0.174. The Morgan fingerprint density at radius 1 is 1.20 bits per heavy atom. The zero-order chi connectivity index (χ0) is 21.5. The molecule has 0 radical (unpaired) electrons. The molecule has 1 N–H and O–H groups in total. The second kappa shape index (κ2) is 10.6. The molecule has 1 aliphatic rings. The second-order valence-corrected chi connectivity index (χ2v) is 8.40. The molecule has 3 rings (SSSR count). The fraction of sp³-hybridized carbons (Fsp3) is 0.364. The summed E-state index contributed by atoms with van der Waals surface area (Å²) in [5.74, 6) is 1.57. The Bertz CT molecular complexity index is 895. The van der Waals surface area contributed by atoms with Gasteiger partial charge in [0.2, 0.25) is 5.91 Å². The van der Waals surface area contributed by atoms with E-state index in [2.05, 4.69) is 5.32 Å². The van der Waals surface area contributed by atoms with Crippen molar-refractivity contribution in [1.82, 2.24) is 10.2 Å². The summed E-state index contributed by atoms with van der Waals surface area (Å²) >= 11 is 7.75. The maximum atomic E-state index is 13.1. The number of carbonyl (C=O) groups is 2. The summed E-state index contributed by atoms with van der Waals surface area (Å²) in [5, 5.41) is 3.20. The van der Waals surface area contributed by atoms with Crippen molar-refractivity contribution in [3.8, 4) is 11.5 Å². The number of hydrogen-bond acceptors (Lipinski definition) is 5. The Labute approximate surface area is 185 Å². The molecule has 0 spiro atoms. The first-order valence-electron chi connectivity index (χ1n) is 9.67. The predicted molar refractivity (Wildman–Crippen MR) is 120 cm³/mol. The summed E-state index contributed by atoms with van der Waals surface area (Å²) in [4.78, 5) is 27.4. The van der Waals surface area contributed by atoms with Crippen molar-refractivity contribution in [1.29, 1.82) is 0 Å². The molecule has 2 aromatic rings. The van der Waals surface area contributed by atoms with Gasteiger partial charge < -0.3 is 19.7 Å². The minimum atomic E-state index is -0.650. The highest BCUT2D eigenvalue weighted by molar-refractivity contribution is 7.98. The standard InChI is InChI=1S/C22H25ClN2O4S/c1-25(13-15-14-28-19-9-5-6-10-20(19)29-15)22(27)18(11-12-30-2)24-21(26)16-7-3-4-8-17(16)23/h3-10,15,18H,11-14H2,1-2H3,(H,24,26)/t15-,18-/m0/s1. The van der Waals surface area contributed by atoms with Gasteiger partial charge >= 0.3 is 0 Å². The van der Waals surface area contributed by atoms with Crippen LogP contribution in [0.1, 0.15) is 16.8 Å². The summed E-state index contributed by atoms with van der Waals surface area (Å²) in [5.41, 5.74) is 0.351. The number of carbonyl (C=O) groups excluding carboxylic acids is 2. The maximum absolute atomic E-state index is 13.1. The number of likely N-dealkylation sites (N-methyl/N-ethyl adjacent to an activating group) is 1. The van der Waals surface area contributed by atoms with Crippen molar-refractivity contribution >= 4 is 35.2 Å². The smallest absolute Gasteiger partial charge is 0.253 e. The Hall–Kier alpha value is -2.38. The van der Waals surface area contributed by atoms with E-state index in [1.807, 2.05) is 30.5 Å². The van der Waals surface area contributed by atoms with Crippen LogP contribution < -0.4 is 14.8 Å². The van der Waals surface area contributed by atoms with Gasteiger partial charge in [-0.1, -0.05) is 35.9 Å². The lowest BCUT2D eigenvalue weighted by Crippen LogP contribution is -2.50. The molecular formula is C22H25ClN2O4S.